The Bertz CT molecular complexity index is 1010. The molecular weight excluding hydrogens is 488 g/mol. The van der Waals surface area contributed by atoms with Gasteiger partial charge in [-0.05, 0) is 74.5 Å². The predicted octanol–water partition coefficient (Wildman–Crippen LogP) is 7.95. The van der Waals surface area contributed by atoms with Gasteiger partial charge in [0.2, 0.25) is 0 Å². The van der Waals surface area contributed by atoms with Gasteiger partial charge in [0.15, 0.2) is 0 Å². The maximum Gasteiger partial charge on any atom is 0.573 e. The quantitative estimate of drug-likeness (QED) is 0.290. The zero-order valence-corrected chi connectivity index (χ0v) is 20.9. The second kappa shape index (κ2) is 12.9. The number of benzene rings is 2. The minimum Gasteiger partial charge on any atom is -0.492 e. The van der Waals surface area contributed by atoms with Crippen LogP contribution in [0.1, 0.15) is 31.4 Å². The molecule has 2 aromatic carbocycles. The molecule has 0 bridgehead atoms. The molecule has 0 saturated carbocycles. The summed E-state index contributed by atoms with van der Waals surface area (Å²) in [6.45, 7) is 13.5. The van der Waals surface area contributed by atoms with Crippen molar-refractivity contribution < 1.29 is 22.6 Å². The first kappa shape index (κ1) is 27.9. The lowest BCUT2D eigenvalue weighted by Gasteiger charge is -2.20. The molecule has 0 unspecified atom stereocenters. The van der Waals surface area contributed by atoms with Gasteiger partial charge in [-0.1, -0.05) is 43.6 Å². The fourth-order valence-corrected chi connectivity index (χ4v) is 3.62. The highest BCUT2D eigenvalue weighted by Gasteiger charge is 2.32. The average Bonchev–Trinajstić information content (AvgIpc) is 2.76. The number of rotatable bonds is 12. The molecule has 0 spiro atoms. The summed E-state index contributed by atoms with van der Waals surface area (Å²) >= 11 is 12.2. The monoisotopic (exact) mass is 516 g/mol. The molecular formula is C25H29Cl2F3N2O2. The number of hydrogen-bond donors (Lipinski definition) is 1. The molecule has 0 aliphatic carbocycles. The number of alkyl halides is 3. The lowest BCUT2D eigenvalue weighted by Crippen LogP contribution is -2.29. The highest BCUT2D eigenvalue weighted by Crippen LogP contribution is 2.33. The van der Waals surface area contributed by atoms with Crippen LogP contribution >= 0.6 is 23.2 Å². The van der Waals surface area contributed by atoms with Crippen molar-refractivity contribution in [3.8, 4) is 11.5 Å². The second-order valence-corrected chi connectivity index (χ2v) is 8.36. The highest BCUT2D eigenvalue weighted by molar-refractivity contribution is 6.32. The Morgan fingerprint density at radius 1 is 1.09 bits per heavy atom. The van der Waals surface area contributed by atoms with Crippen molar-refractivity contribution in [1.82, 2.24) is 4.90 Å². The first-order valence-electron chi connectivity index (χ1n) is 10.9. The summed E-state index contributed by atoms with van der Waals surface area (Å²) in [5.74, 6) is 0.230. The van der Waals surface area contributed by atoms with Crippen LogP contribution in [-0.2, 0) is 0 Å². The fraction of sp³-hybridized carbons (Fsp3) is 0.360. The van der Waals surface area contributed by atoms with Crippen LogP contribution < -0.4 is 14.8 Å². The first-order chi connectivity index (χ1) is 16.0. The molecule has 9 heteroatoms. The molecule has 0 aliphatic rings. The van der Waals surface area contributed by atoms with E-state index in [9.17, 15) is 13.2 Å². The summed E-state index contributed by atoms with van der Waals surface area (Å²) < 4.78 is 47.2. The number of halogens is 5. The fourth-order valence-electron chi connectivity index (χ4n) is 3.24. The third-order valence-corrected chi connectivity index (χ3v) is 5.68. The van der Waals surface area contributed by atoms with Gasteiger partial charge in [-0.2, -0.15) is 0 Å². The van der Waals surface area contributed by atoms with E-state index in [0.717, 1.165) is 43.2 Å². The Hall–Kier alpha value is -2.35. The van der Waals surface area contributed by atoms with Gasteiger partial charge in [-0.15, -0.1) is 13.2 Å². The highest BCUT2D eigenvalue weighted by atomic mass is 35.5. The van der Waals surface area contributed by atoms with E-state index in [4.69, 9.17) is 27.9 Å². The summed E-state index contributed by atoms with van der Waals surface area (Å²) in [6, 6.07) is 7.52. The van der Waals surface area contributed by atoms with Crippen molar-refractivity contribution in [3.05, 3.63) is 69.9 Å². The minimum absolute atomic E-state index is 0.176. The molecule has 0 aliphatic heterocycles. The molecule has 0 saturated heterocycles. The summed E-state index contributed by atoms with van der Waals surface area (Å²) in [5.41, 5.74) is 2.64. The zero-order chi connectivity index (χ0) is 25.3. The first-order valence-corrected chi connectivity index (χ1v) is 11.6. The smallest absolute Gasteiger partial charge is 0.492 e. The van der Waals surface area contributed by atoms with E-state index in [1.54, 1.807) is 12.1 Å². The number of hydrogen-bond acceptors (Lipinski definition) is 4. The van der Waals surface area contributed by atoms with E-state index in [-0.39, 0.29) is 5.02 Å². The SMILES string of the molecule is C=C(/C=C\c1c(OCCN(CC)CCC)ccc(Cl)c1C)Nc1ccc(OC(F)(F)F)c(Cl)c1. The Kier molecular flexibility index (Phi) is 10.6. The van der Waals surface area contributed by atoms with Crippen LogP contribution in [0.3, 0.4) is 0 Å². The topological polar surface area (TPSA) is 33.7 Å². The summed E-state index contributed by atoms with van der Waals surface area (Å²) in [5, 5.41) is 3.43. The Labute approximate surface area is 208 Å². The van der Waals surface area contributed by atoms with Crippen LogP contribution in [0.15, 0.2) is 48.7 Å². The maximum absolute atomic E-state index is 12.4. The number of ether oxygens (including phenoxy) is 2. The van der Waals surface area contributed by atoms with Gasteiger partial charge in [0.1, 0.15) is 18.1 Å². The third-order valence-electron chi connectivity index (χ3n) is 4.97. The number of anilines is 1. The Balaban J connectivity index is 2.09. The summed E-state index contributed by atoms with van der Waals surface area (Å²) in [4.78, 5) is 2.32. The second-order valence-electron chi connectivity index (χ2n) is 7.54. The van der Waals surface area contributed by atoms with Gasteiger partial charge in [0.05, 0.1) is 5.02 Å². The lowest BCUT2D eigenvalue weighted by molar-refractivity contribution is -0.274. The lowest BCUT2D eigenvalue weighted by atomic mass is 10.1. The largest absolute Gasteiger partial charge is 0.573 e. The van der Waals surface area contributed by atoms with Gasteiger partial charge in [0.25, 0.3) is 0 Å². The molecule has 0 fully saturated rings. The van der Waals surface area contributed by atoms with Crippen molar-refractivity contribution in [1.29, 1.82) is 0 Å². The minimum atomic E-state index is -4.82. The van der Waals surface area contributed by atoms with Crippen molar-refractivity contribution in [2.75, 3.05) is 31.6 Å². The molecule has 34 heavy (non-hydrogen) atoms. The molecule has 0 atom stereocenters. The van der Waals surface area contributed by atoms with Crippen molar-refractivity contribution in [3.63, 3.8) is 0 Å². The van der Waals surface area contributed by atoms with Crippen LogP contribution in [0.4, 0.5) is 18.9 Å². The third kappa shape index (κ3) is 8.78. The number of allylic oxidation sites excluding steroid dienone is 1. The van der Waals surface area contributed by atoms with Crippen LogP contribution in [0, 0.1) is 6.92 Å². The van der Waals surface area contributed by atoms with Crippen molar-refractivity contribution in [2.24, 2.45) is 0 Å². The van der Waals surface area contributed by atoms with Crippen LogP contribution in [0.2, 0.25) is 10.0 Å². The predicted molar refractivity (Wildman–Crippen MR) is 134 cm³/mol. The summed E-state index contributed by atoms with van der Waals surface area (Å²) in [6.07, 6.45) is -0.169. The standard InChI is InChI=1S/C25H29Cl2F3N2O2/c1-5-13-32(6-2)14-15-33-23-12-10-21(26)18(4)20(23)9-7-17(3)31-19-8-11-24(22(27)16-19)34-25(28,29)30/h7-12,16,31H,3,5-6,13-15H2,1-2,4H3/b9-7-. The molecule has 0 radical (unpaired) electrons. The van der Waals surface area contributed by atoms with E-state index >= 15 is 0 Å². The van der Waals surface area contributed by atoms with Gasteiger partial charge >= 0.3 is 6.36 Å². The molecule has 2 rings (SSSR count). The normalized spacial score (nSPS) is 11.8. The summed E-state index contributed by atoms with van der Waals surface area (Å²) in [7, 11) is 0. The van der Waals surface area contributed by atoms with Crippen LogP contribution in [0.5, 0.6) is 11.5 Å². The van der Waals surface area contributed by atoms with Gasteiger partial charge in [-0.25, -0.2) is 0 Å². The van der Waals surface area contributed by atoms with E-state index in [0.29, 0.717) is 28.8 Å². The zero-order valence-electron chi connectivity index (χ0n) is 19.4. The molecule has 0 amide bonds. The van der Waals surface area contributed by atoms with Crippen molar-refractivity contribution in [2.45, 2.75) is 33.6 Å². The Morgan fingerprint density at radius 2 is 1.79 bits per heavy atom. The van der Waals surface area contributed by atoms with E-state index in [1.165, 1.54) is 12.1 Å². The van der Waals surface area contributed by atoms with Gasteiger partial charge in [0, 0.05) is 28.5 Å². The molecule has 0 aromatic heterocycles. The number of nitrogens with zero attached hydrogens (tertiary/aromatic N) is 1. The van der Waals surface area contributed by atoms with E-state index in [1.807, 2.05) is 19.1 Å². The molecule has 186 valence electrons. The molecule has 4 nitrogen and oxygen atoms in total. The number of nitrogens with one attached hydrogen (secondary N) is 1. The van der Waals surface area contributed by atoms with Crippen LogP contribution in [0.25, 0.3) is 6.08 Å². The van der Waals surface area contributed by atoms with Crippen LogP contribution in [-0.4, -0.2) is 37.5 Å². The number of likely N-dealkylation sites (N-methyl/N-ethyl adjacent to an activating group) is 1. The molecule has 1 N–H and O–H groups in total. The van der Waals surface area contributed by atoms with Gasteiger partial charge < -0.3 is 19.7 Å². The van der Waals surface area contributed by atoms with Crippen molar-refractivity contribution >= 4 is 35.0 Å². The van der Waals surface area contributed by atoms with Gasteiger partial charge in [-0.3, -0.25) is 0 Å². The van der Waals surface area contributed by atoms with E-state index < -0.39 is 12.1 Å². The molecule has 2 aromatic rings. The average molecular weight is 517 g/mol. The Morgan fingerprint density at radius 3 is 2.41 bits per heavy atom. The maximum atomic E-state index is 12.4. The molecule has 0 heterocycles. The van der Waals surface area contributed by atoms with E-state index in [2.05, 4.69) is 35.4 Å².